The predicted octanol–water partition coefficient (Wildman–Crippen LogP) is 3.28. The average molecular weight is 394 g/mol. The zero-order chi connectivity index (χ0) is 20.8. The number of amides is 2. The number of esters is 1. The van der Waals surface area contributed by atoms with E-state index in [9.17, 15) is 18.8 Å². The number of hydrogen-bond donors (Lipinski definition) is 2. The molecule has 0 bridgehead atoms. The smallest absolute Gasteiger partial charge is 0.326 e. The molecule has 1 atom stereocenters. The van der Waals surface area contributed by atoms with Gasteiger partial charge in [-0.25, -0.2) is 4.39 Å². The second kappa shape index (κ2) is 8.97. The van der Waals surface area contributed by atoms with Crippen molar-refractivity contribution in [3.63, 3.8) is 0 Å². The fourth-order valence-corrected chi connectivity index (χ4v) is 2.70. The second-order valence-corrected chi connectivity index (χ2v) is 6.35. The molecule has 3 aromatic rings. The minimum atomic E-state index is -1.07. The first-order valence-corrected chi connectivity index (χ1v) is 8.96. The van der Waals surface area contributed by atoms with Crippen molar-refractivity contribution in [3.05, 3.63) is 78.1 Å². The van der Waals surface area contributed by atoms with Crippen LogP contribution in [-0.2, 0) is 14.3 Å². The van der Waals surface area contributed by atoms with Gasteiger partial charge in [0.1, 0.15) is 12.4 Å². The van der Waals surface area contributed by atoms with Gasteiger partial charge in [0.05, 0.1) is 5.56 Å². The summed E-state index contributed by atoms with van der Waals surface area (Å²) in [6, 6.07) is 18.6. The third-order valence-corrected chi connectivity index (χ3v) is 4.21. The van der Waals surface area contributed by atoms with Gasteiger partial charge in [-0.2, -0.15) is 0 Å². The van der Waals surface area contributed by atoms with Crippen molar-refractivity contribution < 1.29 is 23.5 Å². The standard InChI is InChI=1S/C22H19FN2O4/c1-14(21(27)25-17-11-10-15-6-2-3-7-16(15)12-17)29-20(26)13-24-22(28)18-8-4-5-9-19(18)23/h2-12,14H,13H2,1H3,(H,24,28)(H,25,27). The first-order valence-electron chi connectivity index (χ1n) is 8.96. The Labute approximate surface area is 166 Å². The van der Waals surface area contributed by atoms with Gasteiger partial charge in [0.2, 0.25) is 0 Å². The highest BCUT2D eigenvalue weighted by molar-refractivity contribution is 5.98. The van der Waals surface area contributed by atoms with Crippen molar-refractivity contribution in [2.45, 2.75) is 13.0 Å². The van der Waals surface area contributed by atoms with E-state index in [-0.39, 0.29) is 5.56 Å². The Hall–Kier alpha value is -3.74. The largest absolute Gasteiger partial charge is 0.451 e. The van der Waals surface area contributed by atoms with E-state index < -0.39 is 36.2 Å². The maximum Gasteiger partial charge on any atom is 0.326 e. The molecule has 3 rings (SSSR count). The number of nitrogens with one attached hydrogen (secondary N) is 2. The fourth-order valence-electron chi connectivity index (χ4n) is 2.70. The Bertz CT molecular complexity index is 1070. The molecule has 2 N–H and O–H groups in total. The van der Waals surface area contributed by atoms with Crippen LogP contribution in [0.4, 0.5) is 10.1 Å². The quantitative estimate of drug-likeness (QED) is 0.629. The van der Waals surface area contributed by atoms with E-state index in [1.807, 2.05) is 36.4 Å². The molecule has 0 spiro atoms. The van der Waals surface area contributed by atoms with Gasteiger partial charge >= 0.3 is 5.97 Å². The summed E-state index contributed by atoms with van der Waals surface area (Å²) in [4.78, 5) is 36.1. The molecule has 1 unspecified atom stereocenters. The zero-order valence-electron chi connectivity index (χ0n) is 15.6. The lowest BCUT2D eigenvalue weighted by molar-refractivity contribution is -0.152. The van der Waals surface area contributed by atoms with Crippen LogP contribution in [0.5, 0.6) is 0 Å². The lowest BCUT2D eigenvalue weighted by Crippen LogP contribution is -2.36. The topological polar surface area (TPSA) is 84.5 Å². The van der Waals surface area contributed by atoms with Gasteiger partial charge in [0.15, 0.2) is 6.10 Å². The Balaban J connectivity index is 1.51. The van der Waals surface area contributed by atoms with Gasteiger partial charge in [0.25, 0.3) is 11.8 Å². The van der Waals surface area contributed by atoms with Gasteiger partial charge in [-0.3, -0.25) is 14.4 Å². The number of rotatable bonds is 6. The van der Waals surface area contributed by atoms with E-state index in [0.717, 1.165) is 16.8 Å². The lowest BCUT2D eigenvalue weighted by Gasteiger charge is -2.14. The average Bonchev–Trinajstić information content (AvgIpc) is 2.72. The summed E-state index contributed by atoms with van der Waals surface area (Å²) in [5.74, 6) is -2.75. The molecule has 0 saturated carbocycles. The summed E-state index contributed by atoms with van der Waals surface area (Å²) >= 11 is 0. The molecule has 0 aliphatic heterocycles. The highest BCUT2D eigenvalue weighted by Crippen LogP contribution is 2.19. The van der Waals surface area contributed by atoms with Crippen LogP contribution in [0.1, 0.15) is 17.3 Å². The van der Waals surface area contributed by atoms with Gasteiger partial charge < -0.3 is 15.4 Å². The molecule has 0 aliphatic carbocycles. The van der Waals surface area contributed by atoms with Crippen LogP contribution < -0.4 is 10.6 Å². The summed E-state index contributed by atoms with van der Waals surface area (Å²) in [6.45, 7) is 0.938. The first-order chi connectivity index (χ1) is 13.9. The number of anilines is 1. The van der Waals surface area contributed by atoms with Crippen molar-refractivity contribution in [2.75, 3.05) is 11.9 Å². The van der Waals surface area contributed by atoms with E-state index >= 15 is 0 Å². The summed E-state index contributed by atoms with van der Waals surface area (Å²) in [6.07, 6.45) is -1.07. The molecule has 6 nitrogen and oxygen atoms in total. The van der Waals surface area contributed by atoms with E-state index in [0.29, 0.717) is 5.69 Å². The number of carbonyl (C=O) groups excluding carboxylic acids is 3. The van der Waals surface area contributed by atoms with E-state index in [1.54, 1.807) is 6.07 Å². The van der Waals surface area contributed by atoms with Gasteiger partial charge in [-0.05, 0) is 42.0 Å². The Morgan fingerprint density at radius 3 is 2.41 bits per heavy atom. The fraction of sp³-hybridized carbons (Fsp3) is 0.136. The summed E-state index contributed by atoms with van der Waals surface area (Å²) in [5, 5.41) is 6.95. The van der Waals surface area contributed by atoms with Crippen molar-refractivity contribution in [1.29, 1.82) is 0 Å². The molecule has 0 fully saturated rings. The van der Waals surface area contributed by atoms with Crippen LogP contribution in [-0.4, -0.2) is 30.4 Å². The van der Waals surface area contributed by atoms with Crippen molar-refractivity contribution in [3.8, 4) is 0 Å². The normalized spacial score (nSPS) is 11.5. The van der Waals surface area contributed by atoms with Crippen LogP contribution in [0.25, 0.3) is 10.8 Å². The third-order valence-electron chi connectivity index (χ3n) is 4.21. The summed E-state index contributed by atoms with van der Waals surface area (Å²) in [7, 11) is 0. The van der Waals surface area contributed by atoms with Crippen molar-refractivity contribution in [1.82, 2.24) is 5.32 Å². The highest BCUT2D eigenvalue weighted by Gasteiger charge is 2.19. The van der Waals surface area contributed by atoms with Gasteiger partial charge in [-0.1, -0.05) is 42.5 Å². The van der Waals surface area contributed by atoms with E-state index in [4.69, 9.17) is 4.74 Å². The number of fused-ring (bicyclic) bond motifs is 1. The van der Waals surface area contributed by atoms with Gasteiger partial charge in [0, 0.05) is 5.69 Å². The van der Waals surface area contributed by atoms with Gasteiger partial charge in [-0.15, -0.1) is 0 Å². The van der Waals surface area contributed by atoms with Crippen LogP contribution in [0.15, 0.2) is 66.7 Å². The molecule has 148 valence electrons. The van der Waals surface area contributed by atoms with E-state index in [2.05, 4.69) is 10.6 Å². The molecule has 0 aromatic heterocycles. The molecule has 29 heavy (non-hydrogen) atoms. The Morgan fingerprint density at radius 1 is 0.966 bits per heavy atom. The Kier molecular flexibility index (Phi) is 6.19. The van der Waals surface area contributed by atoms with Crippen LogP contribution in [0, 0.1) is 5.82 Å². The zero-order valence-corrected chi connectivity index (χ0v) is 15.6. The highest BCUT2D eigenvalue weighted by atomic mass is 19.1. The Morgan fingerprint density at radius 2 is 1.66 bits per heavy atom. The molecule has 0 radical (unpaired) electrons. The number of ether oxygens (including phenoxy) is 1. The molecule has 2 amide bonds. The van der Waals surface area contributed by atoms with Crippen LogP contribution in [0.3, 0.4) is 0 Å². The first kappa shape index (κ1) is 20.0. The molecule has 3 aromatic carbocycles. The maximum atomic E-state index is 13.6. The predicted molar refractivity (Wildman–Crippen MR) is 107 cm³/mol. The van der Waals surface area contributed by atoms with E-state index in [1.165, 1.54) is 25.1 Å². The van der Waals surface area contributed by atoms with Crippen molar-refractivity contribution >= 4 is 34.2 Å². The molecule has 0 heterocycles. The molecule has 7 heteroatoms. The lowest BCUT2D eigenvalue weighted by atomic mass is 10.1. The SMILES string of the molecule is CC(OC(=O)CNC(=O)c1ccccc1F)C(=O)Nc1ccc2ccccc2c1. The van der Waals surface area contributed by atoms with Crippen molar-refractivity contribution in [2.24, 2.45) is 0 Å². The second-order valence-electron chi connectivity index (χ2n) is 6.35. The molecular weight excluding hydrogens is 375 g/mol. The number of halogens is 1. The maximum absolute atomic E-state index is 13.6. The minimum Gasteiger partial charge on any atom is -0.451 e. The number of hydrogen-bond acceptors (Lipinski definition) is 4. The summed E-state index contributed by atoms with van der Waals surface area (Å²) < 4.78 is 18.6. The summed E-state index contributed by atoms with van der Waals surface area (Å²) in [5.41, 5.74) is 0.395. The van der Waals surface area contributed by atoms with Crippen LogP contribution >= 0.6 is 0 Å². The molecule has 0 saturated heterocycles. The third kappa shape index (κ3) is 5.16. The van der Waals surface area contributed by atoms with Crippen LogP contribution in [0.2, 0.25) is 0 Å². The minimum absolute atomic E-state index is 0.178. The monoisotopic (exact) mass is 394 g/mol. The number of benzene rings is 3. The number of carbonyl (C=O) groups is 3. The molecular formula is C22H19FN2O4. The molecule has 0 aliphatic rings.